The molecule has 0 unspecified atom stereocenters. The molecule has 0 aliphatic heterocycles. The molecule has 0 fully saturated rings. The monoisotopic (exact) mass is 342 g/mol. The third-order valence-electron chi connectivity index (χ3n) is 1.50. The van der Waals surface area contributed by atoms with Gasteiger partial charge in [0, 0.05) is 4.47 Å². The molecule has 0 radical (unpaired) electrons. The van der Waals surface area contributed by atoms with Crippen molar-refractivity contribution in [3.63, 3.8) is 0 Å². The lowest BCUT2D eigenvalue weighted by molar-refractivity contribution is 0.0954. The molecule has 1 aromatic carbocycles. The summed E-state index contributed by atoms with van der Waals surface area (Å²) in [6.07, 6.45) is 1.01. The largest absolute Gasteiger partial charge is 0.272 e. The van der Waals surface area contributed by atoms with Crippen molar-refractivity contribution in [1.82, 2.24) is 5.43 Å². The van der Waals surface area contributed by atoms with E-state index in [-0.39, 0.29) is 0 Å². The highest BCUT2D eigenvalue weighted by molar-refractivity contribution is 9.10. The summed E-state index contributed by atoms with van der Waals surface area (Å²) >= 11 is 19.5. The van der Waals surface area contributed by atoms with E-state index in [1.165, 1.54) is 0 Å². The molecule has 1 N–H and O–H groups in total. The maximum Gasteiger partial charge on any atom is 0.272 e. The van der Waals surface area contributed by atoms with Gasteiger partial charge in [0.2, 0.25) is 3.79 Å². The number of benzene rings is 1. The summed E-state index contributed by atoms with van der Waals surface area (Å²) in [6.45, 7) is 0. The lowest BCUT2D eigenvalue weighted by atomic mass is 10.2. The minimum absolute atomic E-state index is 0.391. The summed E-state index contributed by atoms with van der Waals surface area (Å²) in [6, 6.07) is 6.92. The summed E-state index contributed by atoms with van der Waals surface area (Å²) in [5, 5.41) is 3.52. The van der Waals surface area contributed by atoms with Gasteiger partial charge in [0.25, 0.3) is 5.91 Å². The Morgan fingerprint density at radius 3 is 2.56 bits per heavy atom. The maximum atomic E-state index is 11.6. The van der Waals surface area contributed by atoms with E-state index in [1.807, 2.05) is 0 Å². The summed E-state index contributed by atoms with van der Waals surface area (Å²) in [4.78, 5) is 11.6. The number of hydrazone groups is 1. The van der Waals surface area contributed by atoms with Gasteiger partial charge in [-0.15, -0.1) is 0 Å². The molecule has 0 spiro atoms. The molecular formula is C9H6BrCl3N2O. The summed E-state index contributed by atoms with van der Waals surface area (Å²) in [7, 11) is 0. The smallest absolute Gasteiger partial charge is 0.267 e. The first-order valence-electron chi connectivity index (χ1n) is 4.06. The lowest BCUT2D eigenvalue weighted by Crippen LogP contribution is -2.19. The minimum atomic E-state index is -1.62. The topological polar surface area (TPSA) is 41.5 Å². The van der Waals surface area contributed by atoms with Gasteiger partial charge < -0.3 is 0 Å². The SMILES string of the molecule is O=C(N/N=C/C(Cl)(Cl)Cl)c1ccccc1Br. The highest BCUT2D eigenvalue weighted by atomic mass is 79.9. The molecule has 86 valence electrons. The Hall–Kier alpha value is -0.290. The molecule has 3 nitrogen and oxygen atoms in total. The zero-order valence-electron chi connectivity index (χ0n) is 7.75. The van der Waals surface area contributed by atoms with Crippen molar-refractivity contribution >= 4 is 62.9 Å². The number of amides is 1. The first kappa shape index (κ1) is 13.8. The number of alkyl halides is 3. The van der Waals surface area contributed by atoms with Gasteiger partial charge in [0.1, 0.15) is 0 Å². The van der Waals surface area contributed by atoms with Crippen molar-refractivity contribution < 1.29 is 4.79 Å². The summed E-state index contributed by atoms with van der Waals surface area (Å²) in [5.41, 5.74) is 2.69. The van der Waals surface area contributed by atoms with Gasteiger partial charge in [-0.25, -0.2) is 5.43 Å². The minimum Gasteiger partial charge on any atom is -0.267 e. The van der Waals surface area contributed by atoms with Gasteiger partial charge in [-0.1, -0.05) is 46.9 Å². The molecule has 0 bridgehead atoms. The quantitative estimate of drug-likeness (QED) is 0.498. The van der Waals surface area contributed by atoms with Gasteiger partial charge in [-0.05, 0) is 28.1 Å². The van der Waals surface area contributed by atoms with Crippen LogP contribution in [0.25, 0.3) is 0 Å². The second kappa shape index (κ2) is 5.87. The van der Waals surface area contributed by atoms with Crippen molar-refractivity contribution in [2.75, 3.05) is 0 Å². The Balaban J connectivity index is 2.68. The van der Waals surface area contributed by atoms with Crippen molar-refractivity contribution in [2.24, 2.45) is 5.10 Å². The second-order valence-corrected chi connectivity index (χ2v) is 5.94. The van der Waals surface area contributed by atoms with E-state index >= 15 is 0 Å². The van der Waals surface area contributed by atoms with Crippen LogP contribution in [0, 0.1) is 0 Å². The zero-order chi connectivity index (χ0) is 12.2. The molecule has 0 heterocycles. The molecule has 1 aromatic rings. The highest BCUT2D eigenvalue weighted by Crippen LogP contribution is 2.22. The van der Waals surface area contributed by atoms with E-state index in [9.17, 15) is 4.79 Å². The molecule has 0 aromatic heterocycles. The van der Waals surface area contributed by atoms with E-state index in [0.717, 1.165) is 6.21 Å². The van der Waals surface area contributed by atoms with Crippen LogP contribution in [0.2, 0.25) is 0 Å². The van der Waals surface area contributed by atoms with E-state index < -0.39 is 9.70 Å². The molecule has 1 rings (SSSR count). The third kappa shape index (κ3) is 4.70. The molecule has 0 saturated carbocycles. The van der Waals surface area contributed by atoms with E-state index in [2.05, 4.69) is 26.5 Å². The van der Waals surface area contributed by atoms with Crippen LogP contribution >= 0.6 is 50.7 Å². The van der Waals surface area contributed by atoms with Crippen molar-refractivity contribution in [3.05, 3.63) is 34.3 Å². The van der Waals surface area contributed by atoms with Crippen LogP contribution < -0.4 is 5.43 Å². The van der Waals surface area contributed by atoms with Gasteiger partial charge in [0.05, 0.1) is 11.8 Å². The Labute approximate surface area is 116 Å². The summed E-state index contributed by atoms with van der Waals surface area (Å²) < 4.78 is -0.960. The normalized spacial score (nSPS) is 11.8. The van der Waals surface area contributed by atoms with Crippen LogP contribution in [0.15, 0.2) is 33.8 Å². The number of hydrogen-bond acceptors (Lipinski definition) is 2. The first-order valence-corrected chi connectivity index (χ1v) is 5.98. The van der Waals surface area contributed by atoms with E-state index in [1.54, 1.807) is 24.3 Å². The van der Waals surface area contributed by atoms with E-state index in [4.69, 9.17) is 34.8 Å². The highest BCUT2D eigenvalue weighted by Gasteiger charge is 2.16. The molecule has 0 aliphatic rings. The van der Waals surface area contributed by atoms with Gasteiger partial charge in [-0.3, -0.25) is 4.79 Å². The Bertz CT molecular complexity index is 417. The molecule has 0 atom stereocenters. The van der Waals surface area contributed by atoms with Crippen LogP contribution in [-0.4, -0.2) is 15.9 Å². The number of carbonyl (C=O) groups is 1. The van der Waals surface area contributed by atoms with Crippen LogP contribution in [0.3, 0.4) is 0 Å². The molecular weight excluding hydrogens is 338 g/mol. The Morgan fingerprint density at radius 1 is 1.38 bits per heavy atom. The third-order valence-corrected chi connectivity index (χ3v) is 2.48. The van der Waals surface area contributed by atoms with Crippen molar-refractivity contribution in [3.8, 4) is 0 Å². The number of hydrogen-bond donors (Lipinski definition) is 1. The predicted molar refractivity (Wildman–Crippen MR) is 70.4 cm³/mol. The van der Waals surface area contributed by atoms with Crippen LogP contribution in [-0.2, 0) is 0 Å². The Morgan fingerprint density at radius 2 is 2.00 bits per heavy atom. The van der Waals surface area contributed by atoms with Crippen LogP contribution in [0.5, 0.6) is 0 Å². The van der Waals surface area contributed by atoms with Crippen LogP contribution in [0.4, 0.5) is 0 Å². The zero-order valence-corrected chi connectivity index (χ0v) is 11.6. The van der Waals surface area contributed by atoms with E-state index in [0.29, 0.717) is 10.0 Å². The fourth-order valence-corrected chi connectivity index (χ4v) is 1.48. The fraction of sp³-hybridized carbons (Fsp3) is 0.111. The predicted octanol–water partition coefficient (Wildman–Crippen LogP) is 3.53. The van der Waals surface area contributed by atoms with Crippen LogP contribution in [0.1, 0.15) is 10.4 Å². The Kier molecular flexibility index (Phi) is 5.05. The van der Waals surface area contributed by atoms with Gasteiger partial charge in [0.15, 0.2) is 0 Å². The fourth-order valence-electron chi connectivity index (χ4n) is 0.870. The number of carbonyl (C=O) groups excluding carboxylic acids is 1. The lowest BCUT2D eigenvalue weighted by Gasteiger charge is -2.04. The first-order chi connectivity index (χ1) is 7.40. The molecule has 1 amide bonds. The summed E-state index contributed by atoms with van der Waals surface area (Å²) in [5.74, 6) is -0.391. The second-order valence-electron chi connectivity index (χ2n) is 2.72. The van der Waals surface area contributed by atoms with Gasteiger partial charge in [-0.2, -0.15) is 5.10 Å². The van der Waals surface area contributed by atoms with Crippen molar-refractivity contribution in [1.29, 1.82) is 0 Å². The molecule has 16 heavy (non-hydrogen) atoms. The standard InChI is InChI=1S/C9H6BrCl3N2O/c10-7-4-2-1-3-6(7)8(16)15-14-5-9(11,12)13/h1-5H,(H,15,16)/b14-5+. The number of nitrogens with zero attached hydrogens (tertiary/aromatic N) is 1. The van der Waals surface area contributed by atoms with Gasteiger partial charge >= 0.3 is 0 Å². The molecule has 7 heteroatoms. The molecule has 0 saturated heterocycles. The number of rotatable bonds is 2. The number of nitrogens with one attached hydrogen (secondary N) is 1. The number of halogens is 4. The average Bonchev–Trinajstić information content (AvgIpc) is 2.16. The molecule has 0 aliphatic carbocycles. The maximum absolute atomic E-state index is 11.6. The van der Waals surface area contributed by atoms with Crippen molar-refractivity contribution in [2.45, 2.75) is 3.79 Å². The average molecular weight is 344 g/mol.